The highest BCUT2D eigenvalue weighted by atomic mass is 16.5. The van der Waals surface area contributed by atoms with Gasteiger partial charge < -0.3 is 10.1 Å². The van der Waals surface area contributed by atoms with Crippen LogP contribution in [0.4, 0.5) is 5.82 Å². The van der Waals surface area contributed by atoms with Crippen molar-refractivity contribution >= 4 is 11.8 Å². The molecule has 0 saturated heterocycles. The zero-order valence-corrected chi connectivity index (χ0v) is 12.8. The first kappa shape index (κ1) is 15.0. The highest BCUT2D eigenvalue weighted by molar-refractivity contribution is 5.94. The minimum absolute atomic E-state index is 0.341. The largest absolute Gasteiger partial charge is 0.462 e. The number of rotatable bonds is 5. The summed E-state index contributed by atoms with van der Waals surface area (Å²) in [6.07, 6.45) is 1.65. The Balaban J connectivity index is 2.19. The fraction of sp³-hybridized carbons (Fsp3) is 0.400. The first-order valence-corrected chi connectivity index (χ1v) is 6.89. The number of esters is 1. The van der Waals surface area contributed by atoms with Crippen molar-refractivity contribution in [2.75, 3.05) is 11.9 Å². The van der Waals surface area contributed by atoms with Gasteiger partial charge in [-0.05, 0) is 32.9 Å². The Labute approximate surface area is 124 Å². The molecule has 112 valence electrons. The third-order valence-corrected chi connectivity index (χ3v) is 3.39. The molecule has 0 fully saturated rings. The summed E-state index contributed by atoms with van der Waals surface area (Å²) in [5.74, 6) is 0.159. The average Bonchev–Trinajstić information content (AvgIpc) is 2.71. The Hall–Kier alpha value is -2.37. The molecule has 0 aliphatic heterocycles. The van der Waals surface area contributed by atoms with Crippen molar-refractivity contribution in [3.63, 3.8) is 0 Å². The summed E-state index contributed by atoms with van der Waals surface area (Å²) in [6.45, 7) is 6.67. The summed E-state index contributed by atoms with van der Waals surface area (Å²) in [6, 6.07) is 3.42. The van der Waals surface area contributed by atoms with Gasteiger partial charge >= 0.3 is 5.97 Å². The number of carbonyl (C=O) groups is 1. The smallest absolute Gasteiger partial charge is 0.341 e. The molecule has 21 heavy (non-hydrogen) atoms. The maximum atomic E-state index is 11.9. The van der Waals surface area contributed by atoms with E-state index in [4.69, 9.17) is 4.74 Å². The fourth-order valence-electron chi connectivity index (χ4n) is 2.17. The van der Waals surface area contributed by atoms with Crippen molar-refractivity contribution in [1.29, 1.82) is 0 Å². The van der Waals surface area contributed by atoms with Gasteiger partial charge in [0.25, 0.3) is 0 Å². The van der Waals surface area contributed by atoms with Crippen molar-refractivity contribution in [3.05, 3.63) is 40.8 Å². The molecular formula is C15H20N4O2. The number of nitrogens with zero attached hydrogens (tertiary/aromatic N) is 3. The topological polar surface area (TPSA) is 69.0 Å². The molecule has 0 aliphatic carbocycles. The van der Waals surface area contributed by atoms with Crippen LogP contribution in [0.1, 0.15) is 34.2 Å². The minimum atomic E-state index is -0.368. The molecule has 0 atom stereocenters. The normalized spacial score (nSPS) is 10.5. The summed E-state index contributed by atoms with van der Waals surface area (Å²) in [7, 11) is 1.91. The Kier molecular flexibility index (Phi) is 4.57. The van der Waals surface area contributed by atoms with Crippen molar-refractivity contribution in [2.24, 2.45) is 7.05 Å². The van der Waals surface area contributed by atoms with E-state index in [1.165, 1.54) is 0 Å². The molecule has 2 aromatic heterocycles. The van der Waals surface area contributed by atoms with E-state index in [1.807, 2.05) is 25.6 Å². The lowest BCUT2D eigenvalue weighted by atomic mass is 10.2. The highest BCUT2D eigenvalue weighted by Crippen LogP contribution is 2.17. The van der Waals surface area contributed by atoms with Gasteiger partial charge in [-0.15, -0.1) is 0 Å². The molecule has 0 unspecified atom stereocenters. The molecule has 1 N–H and O–H groups in total. The van der Waals surface area contributed by atoms with E-state index in [1.54, 1.807) is 25.3 Å². The van der Waals surface area contributed by atoms with Gasteiger partial charge in [0.1, 0.15) is 11.4 Å². The molecule has 0 aliphatic rings. The van der Waals surface area contributed by atoms with Crippen LogP contribution in [0.5, 0.6) is 0 Å². The van der Waals surface area contributed by atoms with Gasteiger partial charge in [-0.25, -0.2) is 9.78 Å². The van der Waals surface area contributed by atoms with E-state index in [-0.39, 0.29) is 5.97 Å². The van der Waals surface area contributed by atoms with E-state index < -0.39 is 0 Å². The lowest BCUT2D eigenvalue weighted by molar-refractivity contribution is 0.0527. The maximum Gasteiger partial charge on any atom is 0.341 e. The first-order chi connectivity index (χ1) is 10.0. The average molecular weight is 288 g/mol. The molecule has 0 radical (unpaired) electrons. The predicted molar refractivity (Wildman–Crippen MR) is 80.2 cm³/mol. The van der Waals surface area contributed by atoms with Crippen LogP contribution >= 0.6 is 0 Å². The molecule has 2 aromatic rings. The Bertz CT molecular complexity index is 649. The van der Waals surface area contributed by atoms with Gasteiger partial charge in [-0.2, -0.15) is 5.10 Å². The third-order valence-electron chi connectivity index (χ3n) is 3.39. The van der Waals surface area contributed by atoms with Crippen LogP contribution in [-0.2, 0) is 18.3 Å². The number of ether oxygens (including phenoxy) is 1. The van der Waals surface area contributed by atoms with E-state index in [2.05, 4.69) is 15.4 Å². The van der Waals surface area contributed by atoms with Crippen LogP contribution in [0, 0.1) is 13.8 Å². The molecule has 0 spiro atoms. The van der Waals surface area contributed by atoms with E-state index >= 15 is 0 Å². The van der Waals surface area contributed by atoms with Crippen LogP contribution in [0.3, 0.4) is 0 Å². The molecule has 0 amide bonds. The number of anilines is 1. The summed E-state index contributed by atoms with van der Waals surface area (Å²) < 4.78 is 6.88. The number of pyridine rings is 1. The maximum absolute atomic E-state index is 11.9. The molecule has 6 heteroatoms. The standard InChI is InChI=1S/C15H20N4O2/c1-5-21-15(20)12-7-6-8-16-14(12)17-9-13-10(2)18-19(4)11(13)3/h6-8H,5,9H2,1-4H3,(H,16,17). The predicted octanol–water partition coefficient (Wildman–Crippen LogP) is 2.22. The van der Waals surface area contributed by atoms with Crippen molar-refractivity contribution in [3.8, 4) is 0 Å². The summed E-state index contributed by atoms with van der Waals surface area (Å²) >= 11 is 0. The molecule has 0 bridgehead atoms. The second-order valence-corrected chi connectivity index (χ2v) is 4.75. The van der Waals surface area contributed by atoms with E-state index in [0.29, 0.717) is 24.5 Å². The van der Waals surface area contributed by atoms with Crippen LogP contribution in [0.2, 0.25) is 0 Å². The number of hydrogen-bond acceptors (Lipinski definition) is 5. The van der Waals surface area contributed by atoms with Gasteiger partial charge in [0.15, 0.2) is 0 Å². The van der Waals surface area contributed by atoms with E-state index in [9.17, 15) is 4.79 Å². The monoisotopic (exact) mass is 288 g/mol. The summed E-state index contributed by atoms with van der Waals surface area (Å²) in [5.41, 5.74) is 3.61. The second-order valence-electron chi connectivity index (χ2n) is 4.75. The van der Waals surface area contributed by atoms with Gasteiger partial charge in [-0.1, -0.05) is 0 Å². The number of hydrogen-bond donors (Lipinski definition) is 1. The zero-order valence-electron chi connectivity index (χ0n) is 12.8. The molecule has 2 rings (SSSR count). The van der Waals surface area contributed by atoms with Gasteiger partial charge in [0.2, 0.25) is 0 Å². The van der Waals surface area contributed by atoms with Crippen LogP contribution < -0.4 is 5.32 Å². The van der Waals surface area contributed by atoms with Crippen molar-refractivity contribution in [1.82, 2.24) is 14.8 Å². The number of aromatic nitrogens is 3. The van der Waals surface area contributed by atoms with Crippen molar-refractivity contribution < 1.29 is 9.53 Å². The Morgan fingerprint density at radius 3 is 2.81 bits per heavy atom. The quantitative estimate of drug-likeness (QED) is 0.854. The number of nitrogens with one attached hydrogen (secondary N) is 1. The first-order valence-electron chi connectivity index (χ1n) is 6.89. The molecular weight excluding hydrogens is 268 g/mol. The molecule has 2 heterocycles. The van der Waals surface area contributed by atoms with Crippen LogP contribution in [-0.4, -0.2) is 27.3 Å². The van der Waals surface area contributed by atoms with Crippen LogP contribution in [0.15, 0.2) is 18.3 Å². The van der Waals surface area contributed by atoms with Gasteiger partial charge in [0.05, 0.1) is 12.3 Å². The second kappa shape index (κ2) is 6.39. The summed E-state index contributed by atoms with van der Waals surface area (Å²) in [4.78, 5) is 16.1. The lowest BCUT2D eigenvalue weighted by Crippen LogP contribution is -2.11. The highest BCUT2D eigenvalue weighted by Gasteiger charge is 2.14. The molecule has 0 saturated carbocycles. The Morgan fingerprint density at radius 2 is 2.19 bits per heavy atom. The number of aryl methyl sites for hydroxylation is 2. The van der Waals surface area contributed by atoms with Crippen molar-refractivity contribution in [2.45, 2.75) is 27.3 Å². The van der Waals surface area contributed by atoms with Crippen LogP contribution in [0.25, 0.3) is 0 Å². The zero-order chi connectivity index (χ0) is 15.4. The molecule has 6 nitrogen and oxygen atoms in total. The summed E-state index contributed by atoms with van der Waals surface area (Å²) in [5, 5.41) is 7.57. The van der Waals surface area contributed by atoms with Gasteiger partial charge in [-0.3, -0.25) is 4.68 Å². The Morgan fingerprint density at radius 1 is 1.43 bits per heavy atom. The minimum Gasteiger partial charge on any atom is -0.462 e. The SMILES string of the molecule is CCOC(=O)c1cccnc1NCc1c(C)nn(C)c1C. The number of carbonyl (C=O) groups excluding carboxylic acids is 1. The van der Waals surface area contributed by atoms with E-state index in [0.717, 1.165) is 17.0 Å². The lowest BCUT2D eigenvalue weighted by Gasteiger charge is -2.10. The molecule has 0 aromatic carbocycles. The fourth-order valence-corrected chi connectivity index (χ4v) is 2.17. The van der Waals surface area contributed by atoms with Gasteiger partial charge in [0, 0.05) is 31.0 Å². The third kappa shape index (κ3) is 3.21.